The van der Waals surface area contributed by atoms with Gasteiger partial charge in [0.25, 0.3) is 5.91 Å². The van der Waals surface area contributed by atoms with Crippen LogP contribution in [0.5, 0.6) is 11.5 Å². The highest BCUT2D eigenvalue weighted by Crippen LogP contribution is 2.27. The summed E-state index contributed by atoms with van der Waals surface area (Å²) in [6.45, 7) is 0.560. The molecule has 0 aliphatic heterocycles. The molecule has 0 aliphatic rings. The van der Waals surface area contributed by atoms with E-state index < -0.39 is 0 Å². The fraction of sp³-hybridized carbons (Fsp3) is 0.364. The first kappa shape index (κ1) is 21.3. The summed E-state index contributed by atoms with van der Waals surface area (Å²) in [5.41, 5.74) is 2.75. The molecule has 0 radical (unpaired) electrons. The number of nitrogens with zero attached hydrogens (tertiary/aromatic N) is 1. The molecule has 6 heteroatoms. The molecule has 2 aromatic rings. The third-order valence-corrected chi connectivity index (χ3v) is 4.43. The Kier molecular flexibility index (Phi) is 7.87. The first-order valence-electron chi connectivity index (χ1n) is 9.22. The number of benzene rings is 2. The standard InChI is InChI=1S/C22H28N2O4/c1-24(2)22(26)18-9-5-16(6-10-18)8-12-21(25)23-14-13-17-7-11-19(27-3)20(15-17)28-4/h5-7,9-11,15H,8,12-14H2,1-4H3,(H,23,25). The third-order valence-electron chi connectivity index (χ3n) is 4.43. The van der Waals surface area contributed by atoms with E-state index >= 15 is 0 Å². The average molecular weight is 384 g/mol. The third kappa shape index (κ3) is 6.01. The number of hydrogen-bond donors (Lipinski definition) is 1. The molecule has 2 amide bonds. The van der Waals surface area contributed by atoms with Crippen LogP contribution in [0, 0.1) is 0 Å². The molecular weight excluding hydrogens is 356 g/mol. The van der Waals surface area contributed by atoms with Crippen molar-refractivity contribution in [2.24, 2.45) is 0 Å². The molecule has 6 nitrogen and oxygen atoms in total. The first-order valence-corrected chi connectivity index (χ1v) is 9.22. The van der Waals surface area contributed by atoms with E-state index in [9.17, 15) is 9.59 Å². The van der Waals surface area contributed by atoms with Crippen molar-refractivity contribution in [3.63, 3.8) is 0 Å². The minimum Gasteiger partial charge on any atom is -0.493 e. The van der Waals surface area contributed by atoms with Crippen molar-refractivity contribution in [1.82, 2.24) is 10.2 Å². The summed E-state index contributed by atoms with van der Waals surface area (Å²) in [4.78, 5) is 25.5. The highest BCUT2D eigenvalue weighted by molar-refractivity contribution is 5.93. The van der Waals surface area contributed by atoms with E-state index in [1.54, 1.807) is 45.3 Å². The molecule has 0 saturated carbocycles. The summed E-state index contributed by atoms with van der Waals surface area (Å²) in [6, 6.07) is 13.1. The fourth-order valence-corrected chi connectivity index (χ4v) is 2.80. The van der Waals surface area contributed by atoms with Crippen molar-refractivity contribution in [3.05, 3.63) is 59.2 Å². The average Bonchev–Trinajstić information content (AvgIpc) is 2.71. The van der Waals surface area contributed by atoms with Gasteiger partial charge in [-0.25, -0.2) is 0 Å². The van der Waals surface area contributed by atoms with Crippen LogP contribution in [0.25, 0.3) is 0 Å². The molecule has 1 N–H and O–H groups in total. The molecule has 28 heavy (non-hydrogen) atoms. The quantitative estimate of drug-likeness (QED) is 0.722. The highest BCUT2D eigenvalue weighted by atomic mass is 16.5. The Morgan fingerprint density at radius 3 is 2.14 bits per heavy atom. The number of nitrogens with one attached hydrogen (secondary N) is 1. The van der Waals surface area contributed by atoms with Gasteiger partial charge in [0, 0.05) is 32.6 Å². The number of ether oxygens (including phenoxy) is 2. The normalized spacial score (nSPS) is 10.3. The molecule has 0 aliphatic carbocycles. The summed E-state index contributed by atoms with van der Waals surface area (Å²) < 4.78 is 10.5. The van der Waals surface area contributed by atoms with E-state index in [4.69, 9.17) is 9.47 Å². The summed E-state index contributed by atoms with van der Waals surface area (Å²) in [5, 5.41) is 2.94. The molecule has 0 unspecified atom stereocenters. The summed E-state index contributed by atoms with van der Waals surface area (Å²) in [6.07, 6.45) is 1.76. The van der Waals surface area contributed by atoms with E-state index in [-0.39, 0.29) is 11.8 Å². The van der Waals surface area contributed by atoms with Crippen molar-refractivity contribution in [3.8, 4) is 11.5 Å². The number of hydrogen-bond acceptors (Lipinski definition) is 4. The number of aryl methyl sites for hydroxylation is 1. The lowest BCUT2D eigenvalue weighted by molar-refractivity contribution is -0.121. The zero-order valence-electron chi connectivity index (χ0n) is 17.0. The van der Waals surface area contributed by atoms with Crippen LogP contribution in [-0.4, -0.2) is 51.6 Å². The second kappa shape index (κ2) is 10.3. The van der Waals surface area contributed by atoms with Crippen LogP contribution in [0.4, 0.5) is 0 Å². The van der Waals surface area contributed by atoms with Gasteiger partial charge in [0.15, 0.2) is 11.5 Å². The second-order valence-electron chi connectivity index (χ2n) is 6.69. The smallest absolute Gasteiger partial charge is 0.253 e. The van der Waals surface area contributed by atoms with E-state index in [2.05, 4.69) is 5.32 Å². The van der Waals surface area contributed by atoms with Crippen LogP contribution in [-0.2, 0) is 17.6 Å². The molecule has 0 atom stereocenters. The molecule has 0 saturated heterocycles. The summed E-state index contributed by atoms with van der Waals surface area (Å²) in [7, 11) is 6.66. The lowest BCUT2D eigenvalue weighted by atomic mass is 10.1. The lowest BCUT2D eigenvalue weighted by Gasteiger charge is -2.11. The van der Waals surface area contributed by atoms with Gasteiger partial charge in [-0.05, 0) is 48.2 Å². The van der Waals surface area contributed by atoms with E-state index in [1.165, 1.54) is 0 Å². The van der Waals surface area contributed by atoms with Gasteiger partial charge in [-0.15, -0.1) is 0 Å². The summed E-state index contributed by atoms with van der Waals surface area (Å²) >= 11 is 0. The van der Waals surface area contributed by atoms with Gasteiger partial charge in [0.1, 0.15) is 0 Å². The summed E-state index contributed by atoms with van der Waals surface area (Å²) in [5.74, 6) is 1.35. The molecule has 0 aromatic heterocycles. The first-order chi connectivity index (χ1) is 13.4. The molecule has 0 bridgehead atoms. The Hall–Kier alpha value is -3.02. The predicted octanol–water partition coefficient (Wildman–Crippen LogP) is 2.70. The van der Waals surface area contributed by atoms with Crippen molar-refractivity contribution in [1.29, 1.82) is 0 Å². The topological polar surface area (TPSA) is 67.9 Å². The minimum absolute atomic E-state index is 0.00826. The van der Waals surface area contributed by atoms with Gasteiger partial charge in [-0.1, -0.05) is 18.2 Å². The Labute approximate surface area is 166 Å². The zero-order valence-corrected chi connectivity index (χ0v) is 17.0. The van der Waals surface area contributed by atoms with E-state index in [1.807, 2.05) is 30.3 Å². The SMILES string of the molecule is COc1ccc(CCNC(=O)CCc2ccc(C(=O)N(C)C)cc2)cc1OC. The Morgan fingerprint density at radius 2 is 1.54 bits per heavy atom. The van der Waals surface area contributed by atoms with Gasteiger partial charge in [0.2, 0.25) is 5.91 Å². The van der Waals surface area contributed by atoms with Crippen LogP contribution < -0.4 is 14.8 Å². The molecule has 150 valence electrons. The molecule has 2 rings (SSSR count). The van der Waals surface area contributed by atoms with Gasteiger partial charge in [0.05, 0.1) is 14.2 Å². The highest BCUT2D eigenvalue weighted by Gasteiger charge is 2.08. The maximum atomic E-state index is 12.1. The maximum absolute atomic E-state index is 12.1. The van der Waals surface area contributed by atoms with Crippen molar-refractivity contribution in [2.75, 3.05) is 34.9 Å². The fourth-order valence-electron chi connectivity index (χ4n) is 2.80. The zero-order chi connectivity index (χ0) is 20.5. The minimum atomic E-state index is -0.0283. The molecule has 0 fully saturated rings. The molecule has 2 aromatic carbocycles. The number of carbonyl (C=O) groups excluding carboxylic acids is 2. The van der Waals surface area contributed by atoms with Crippen molar-refractivity contribution >= 4 is 11.8 Å². The Bertz CT molecular complexity index is 801. The molecule has 0 heterocycles. The van der Waals surface area contributed by atoms with Crippen molar-refractivity contribution in [2.45, 2.75) is 19.3 Å². The number of methoxy groups -OCH3 is 2. The van der Waals surface area contributed by atoms with Crippen LogP contribution in [0.3, 0.4) is 0 Å². The molecule has 0 spiro atoms. The van der Waals surface area contributed by atoms with Crippen molar-refractivity contribution < 1.29 is 19.1 Å². The van der Waals surface area contributed by atoms with E-state index in [0.717, 1.165) is 11.1 Å². The van der Waals surface area contributed by atoms with Gasteiger partial charge < -0.3 is 19.7 Å². The Morgan fingerprint density at radius 1 is 0.893 bits per heavy atom. The van der Waals surface area contributed by atoms with Crippen LogP contribution in [0.15, 0.2) is 42.5 Å². The van der Waals surface area contributed by atoms with Gasteiger partial charge >= 0.3 is 0 Å². The molecular formula is C22H28N2O4. The van der Waals surface area contributed by atoms with Gasteiger partial charge in [-0.3, -0.25) is 9.59 Å². The van der Waals surface area contributed by atoms with E-state index in [0.29, 0.717) is 42.9 Å². The van der Waals surface area contributed by atoms with Crippen LogP contribution >= 0.6 is 0 Å². The largest absolute Gasteiger partial charge is 0.493 e. The van der Waals surface area contributed by atoms with Gasteiger partial charge in [-0.2, -0.15) is 0 Å². The van der Waals surface area contributed by atoms with Crippen LogP contribution in [0.1, 0.15) is 27.9 Å². The second-order valence-corrected chi connectivity index (χ2v) is 6.69. The number of rotatable bonds is 9. The maximum Gasteiger partial charge on any atom is 0.253 e. The number of carbonyl (C=O) groups is 2. The number of amides is 2. The van der Waals surface area contributed by atoms with Crippen LogP contribution in [0.2, 0.25) is 0 Å². The lowest BCUT2D eigenvalue weighted by Crippen LogP contribution is -2.25. The predicted molar refractivity (Wildman–Crippen MR) is 109 cm³/mol. The Balaban J connectivity index is 1.76. The monoisotopic (exact) mass is 384 g/mol.